The van der Waals surface area contributed by atoms with E-state index in [1.807, 2.05) is 6.07 Å². The molecule has 0 fully saturated rings. The Labute approximate surface area is 185 Å². The van der Waals surface area contributed by atoms with Crippen LogP contribution in [0.2, 0.25) is 19.6 Å². The number of rotatable bonds is 11. The van der Waals surface area contributed by atoms with Crippen LogP contribution in [-0.2, 0) is 17.6 Å². The van der Waals surface area contributed by atoms with E-state index >= 15 is 0 Å². The van der Waals surface area contributed by atoms with Crippen LogP contribution in [0.1, 0.15) is 62.3 Å². The van der Waals surface area contributed by atoms with Crippen molar-refractivity contribution in [2.45, 2.75) is 85.0 Å². The van der Waals surface area contributed by atoms with Gasteiger partial charge in [-0.1, -0.05) is 48.5 Å². The second kappa shape index (κ2) is 11.2. The van der Waals surface area contributed by atoms with Gasteiger partial charge in [-0.25, -0.2) is 0 Å². The molecule has 0 bridgehead atoms. The second-order valence-corrected chi connectivity index (χ2v) is 14.3. The molecular formula is C26H41NO2Si. The molecule has 0 aliphatic rings. The summed E-state index contributed by atoms with van der Waals surface area (Å²) >= 11 is 0. The average Bonchev–Trinajstić information content (AvgIpc) is 2.69. The first kappa shape index (κ1) is 24.8. The summed E-state index contributed by atoms with van der Waals surface area (Å²) in [6.45, 7) is 17.5. The fourth-order valence-corrected chi connectivity index (χ4v) is 4.66. The van der Waals surface area contributed by atoms with Gasteiger partial charge in [0.2, 0.25) is 0 Å². The number of nitrogens with zero attached hydrogens (tertiary/aromatic N) is 1. The van der Waals surface area contributed by atoms with Crippen molar-refractivity contribution in [3.05, 3.63) is 70.8 Å². The summed E-state index contributed by atoms with van der Waals surface area (Å²) in [5.74, 6) is 0.276. The van der Waals surface area contributed by atoms with Gasteiger partial charge in [0, 0.05) is 18.0 Å². The standard InChI is InChI=1S/C26H41NO2Si/c1-20(2)27(21(3)4)16-15-25(23-11-9-8-10-12-23)26-17-22(18-28)13-14-24(26)19-29-30(5,6)7/h8-14,17,20-21,25,28H,15-16,18-19H2,1-7H3. The summed E-state index contributed by atoms with van der Waals surface area (Å²) in [5, 5.41) is 9.80. The Balaban J connectivity index is 2.44. The lowest BCUT2D eigenvalue weighted by Crippen LogP contribution is -2.38. The number of aliphatic hydroxyl groups is 1. The van der Waals surface area contributed by atoms with Gasteiger partial charge >= 0.3 is 0 Å². The molecule has 2 aromatic rings. The van der Waals surface area contributed by atoms with Crippen LogP contribution in [0.15, 0.2) is 48.5 Å². The van der Waals surface area contributed by atoms with Gasteiger partial charge in [-0.15, -0.1) is 0 Å². The average molecular weight is 428 g/mol. The van der Waals surface area contributed by atoms with E-state index in [2.05, 4.69) is 94.7 Å². The predicted molar refractivity (Wildman–Crippen MR) is 130 cm³/mol. The lowest BCUT2D eigenvalue weighted by atomic mass is 9.84. The summed E-state index contributed by atoms with van der Waals surface area (Å²) in [5.41, 5.74) is 4.82. The normalized spacial score (nSPS) is 13.4. The highest BCUT2D eigenvalue weighted by atomic mass is 28.4. The fraction of sp³-hybridized carbons (Fsp3) is 0.538. The molecule has 30 heavy (non-hydrogen) atoms. The molecule has 3 nitrogen and oxygen atoms in total. The highest BCUT2D eigenvalue weighted by molar-refractivity contribution is 6.69. The van der Waals surface area contributed by atoms with Gasteiger partial charge in [-0.3, -0.25) is 4.90 Å². The lowest BCUT2D eigenvalue weighted by Gasteiger charge is -2.33. The van der Waals surface area contributed by atoms with E-state index in [0.29, 0.717) is 18.7 Å². The van der Waals surface area contributed by atoms with E-state index < -0.39 is 8.32 Å². The van der Waals surface area contributed by atoms with Gasteiger partial charge < -0.3 is 9.53 Å². The minimum Gasteiger partial charge on any atom is -0.413 e. The fourth-order valence-electron chi connectivity index (χ4n) is 4.07. The highest BCUT2D eigenvalue weighted by Crippen LogP contribution is 2.33. The number of aliphatic hydroxyl groups excluding tert-OH is 1. The van der Waals surface area contributed by atoms with Crippen molar-refractivity contribution >= 4 is 8.32 Å². The molecule has 0 aromatic heterocycles. The molecule has 0 spiro atoms. The smallest absolute Gasteiger partial charge is 0.184 e. The van der Waals surface area contributed by atoms with Crippen LogP contribution in [0.4, 0.5) is 0 Å². The molecule has 0 heterocycles. The summed E-state index contributed by atoms with van der Waals surface area (Å²) in [7, 11) is -1.62. The van der Waals surface area contributed by atoms with Gasteiger partial charge in [0.15, 0.2) is 8.32 Å². The van der Waals surface area contributed by atoms with Gasteiger partial charge in [-0.2, -0.15) is 0 Å². The summed E-state index contributed by atoms with van der Waals surface area (Å²) in [4.78, 5) is 2.56. The first-order valence-electron chi connectivity index (χ1n) is 11.3. The van der Waals surface area contributed by atoms with Crippen molar-refractivity contribution in [2.24, 2.45) is 0 Å². The van der Waals surface area contributed by atoms with Crippen molar-refractivity contribution in [1.29, 1.82) is 0 Å². The predicted octanol–water partition coefficient (Wildman–Crippen LogP) is 6.17. The highest BCUT2D eigenvalue weighted by Gasteiger charge is 2.23. The molecule has 0 aliphatic heterocycles. The number of benzene rings is 2. The monoisotopic (exact) mass is 427 g/mol. The largest absolute Gasteiger partial charge is 0.413 e. The van der Waals surface area contributed by atoms with E-state index in [4.69, 9.17) is 4.43 Å². The molecule has 0 saturated heterocycles. The van der Waals surface area contributed by atoms with E-state index in [1.165, 1.54) is 16.7 Å². The summed E-state index contributed by atoms with van der Waals surface area (Å²) < 4.78 is 6.28. The quantitative estimate of drug-likeness (QED) is 0.435. The van der Waals surface area contributed by atoms with Gasteiger partial charge in [0.1, 0.15) is 0 Å². The van der Waals surface area contributed by atoms with Crippen molar-refractivity contribution < 1.29 is 9.53 Å². The molecule has 166 valence electrons. The maximum atomic E-state index is 9.80. The van der Waals surface area contributed by atoms with Crippen LogP contribution in [0.3, 0.4) is 0 Å². The zero-order valence-corrected chi connectivity index (χ0v) is 21.0. The van der Waals surface area contributed by atoms with E-state index in [-0.39, 0.29) is 12.5 Å². The van der Waals surface area contributed by atoms with Crippen molar-refractivity contribution in [3.8, 4) is 0 Å². The third-order valence-corrected chi connectivity index (χ3v) is 6.64. The van der Waals surface area contributed by atoms with Crippen LogP contribution in [0.5, 0.6) is 0 Å². The Hall–Kier alpha value is -1.46. The van der Waals surface area contributed by atoms with Crippen molar-refractivity contribution in [3.63, 3.8) is 0 Å². The van der Waals surface area contributed by atoms with Crippen LogP contribution >= 0.6 is 0 Å². The molecule has 0 aliphatic carbocycles. The first-order chi connectivity index (χ1) is 14.1. The zero-order valence-electron chi connectivity index (χ0n) is 20.0. The molecule has 0 amide bonds. The molecule has 2 aromatic carbocycles. The van der Waals surface area contributed by atoms with Gasteiger partial charge in [0.05, 0.1) is 13.2 Å². The minimum absolute atomic E-state index is 0.0633. The third-order valence-electron chi connectivity index (χ3n) is 5.63. The van der Waals surface area contributed by atoms with Gasteiger partial charge in [-0.05, 0) is 82.6 Å². The second-order valence-electron chi connectivity index (χ2n) is 9.77. The van der Waals surface area contributed by atoms with E-state index in [9.17, 15) is 5.11 Å². The van der Waals surface area contributed by atoms with E-state index in [0.717, 1.165) is 18.5 Å². The van der Waals surface area contributed by atoms with Crippen LogP contribution < -0.4 is 0 Å². The first-order valence-corrected chi connectivity index (χ1v) is 14.7. The summed E-state index contributed by atoms with van der Waals surface area (Å²) in [6.07, 6.45) is 1.04. The van der Waals surface area contributed by atoms with Gasteiger partial charge in [0.25, 0.3) is 0 Å². The van der Waals surface area contributed by atoms with Crippen LogP contribution in [0.25, 0.3) is 0 Å². The molecule has 1 unspecified atom stereocenters. The summed E-state index contributed by atoms with van der Waals surface area (Å²) in [6, 6.07) is 18.2. The molecule has 1 N–H and O–H groups in total. The third kappa shape index (κ3) is 7.35. The molecule has 2 rings (SSSR count). The number of hydrogen-bond acceptors (Lipinski definition) is 3. The SMILES string of the molecule is CC(C)N(CCC(c1ccccc1)c1cc(CO)ccc1CO[Si](C)(C)C)C(C)C. The number of hydrogen-bond donors (Lipinski definition) is 1. The van der Waals surface area contributed by atoms with Crippen LogP contribution in [-0.4, -0.2) is 37.0 Å². The van der Waals surface area contributed by atoms with E-state index in [1.54, 1.807) is 0 Å². The molecule has 0 saturated carbocycles. The Kier molecular flexibility index (Phi) is 9.29. The maximum absolute atomic E-state index is 9.80. The topological polar surface area (TPSA) is 32.7 Å². The maximum Gasteiger partial charge on any atom is 0.184 e. The molecular weight excluding hydrogens is 386 g/mol. The molecule has 4 heteroatoms. The molecule has 1 atom stereocenters. The lowest BCUT2D eigenvalue weighted by molar-refractivity contribution is 0.170. The van der Waals surface area contributed by atoms with Crippen molar-refractivity contribution in [1.82, 2.24) is 4.90 Å². The van der Waals surface area contributed by atoms with Crippen molar-refractivity contribution in [2.75, 3.05) is 6.54 Å². The van der Waals surface area contributed by atoms with Crippen LogP contribution in [0, 0.1) is 0 Å². The Morgan fingerprint density at radius 3 is 2.10 bits per heavy atom. The zero-order chi connectivity index (χ0) is 22.3. The Morgan fingerprint density at radius 1 is 0.933 bits per heavy atom. The Morgan fingerprint density at radius 2 is 1.57 bits per heavy atom. The minimum atomic E-state index is -1.62. The Bertz CT molecular complexity index is 760. The molecule has 0 radical (unpaired) electrons.